The molecule has 19 heavy (non-hydrogen) atoms. The van der Waals surface area contributed by atoms with Crippen LogP contribution in [0.2, 0.25) is 0 Å². The molecule has 2 rings (SSSR count). The Labute approximate surface area is 113 Å². The van der Waals surface area contributed by atoms with Crippen molar-refractivity contribution in [1.29, 1.82) is 0 Å². The molecule has 0 aliphatic carbocycles. The van der Waals surface area contributed by atoms with Gasteiger partial charge in [0.2, 0.25) is 0 Å². The minimum Gasteiger partial charge on any atom is -0.491 e. The summed E-state index contributed by atoms with van der Waals surface area (Å²) in [5.74, 6) is 1.66. The molecule has 0 amide bonds. The van der Waals surface area contributed by atoms with Gasteiger partial charge in [0.1, 0.15) is 24.2 Å². The van der Waals surface area contributed by atoms with E-state index in [0.29, 0.717) is 13.1 Å². The Morgan fingerprint density at radius 2 is 2.00 bits per heavy atom. The van der Waals surface area contributed by atoms with E-state index in [2.05, 4.69) is 0 Å². The van der Waals surface area contributed by atoms with Gasteiger partial charge in [-0.25, -0.2) is 0 Å². The quantitative estimate of drug-likeness (QED) is 0.829. The highest BCUT2D eigenvalue weighted by molar-refractivity contribution is 5.20. The van der Waals surface area contributed by atoms with Crippen LogP contribution >= 0.6 is 0 Å². The average molecular weight is 261 g/mol. The summed E-state index contributed by atoms with van der Waals surface area (Å²) in [6.45, 7) is 1.50. The van der Waals surface area contributed by atoms with E-state index < -0.39 is 6.10 Å². The Bertz CT molecular complexity index is 456. The van der Waals surface area contributed by atoms with Gasteiger partial charge in [0, 0.05) is 6.54 Å². The number of aliphatic hydroxyl groups is 1. The molecular formula is C15H19NO3. The summed E-state index contributed by atoms with van der Waals surface area (Å²) < 4.78 is 10.8. The fourth-order valence-corrected chi connectivity index (χ4v) is 1.85. The van der Waals surface area contributed by atoms with Crippen LogP contribution in [-0.2, 0) is 6.54 Å². The van der Waals surface area contributed by atoms with Crippen molar-refractivity contribution in [2.75, 3.05) is 20.2 Å². The predicted octanol–water partition coefficient (Wildman–Crippen LogP) is 2.15. The molecule has 0 unspecified atom stereocenters. The number of benzene rings is 1. The molecule has 0 bridgehead atoms. The zero-order valence-corrected chi connectivity index (χ0v) is 11.0. The molecule has 0 aliphatic rings. The smallest absolute Gasteiger partial charge is 0.119 e. The highest BCUT2D eigenvalue weighted by atomic mass is 16.5. The van der Waals surface area contributed by atoms with Crippen LogP contribution in [-0.4, -0.2) is 36.3 Å². The molecule has 0 fully saturated rings. The van der Waals surface area contributed by atoms with E-state index in [-0.39, 0.29) is 6.61 Å². The number of hydrogen-bond acceptors (Lipinski definition) is 4. The van der Waals surface area contributed by atoms with Crippen molar-refractivity contribution < 1.29 is 14.3 Å². The van der Waals surface area contributed by atoms with Crippen molar-refractivity contribution in [3.63, 3.8) is 0 Å². The van der Waals surface area contributed by atoms with Gasteiger partial charge in [-0.3, -0.25) is 4.90 Å². The van der Waals surface area contributed by atoms with Gasteiger partial charge in [0.15, 0.2) is 0 Å². The van der Waals surface area contributed by atoms with Crippen LogP contribution in [0.3, 0.4) is 0 Å². The summed E-state index contributed by atoms with van der Waals surface area (Å²) >= 11 is 0. The average Bonchev–Trinajstić information content (AvgIpc) is 2.90. The summed E-state index contributed by atoms with van der Waals surface area (Å²) in [6, 6.07) is 13.3. The molecule has 1 atom stereocenters. The third kappa shape index (κ3) is 4.77. The molecule has 0 saturated heterocycles. The number of rotatable bonds is 7. The summed E-state index contributed by atoms with van der Waals surface area (Å²) in [4.78, 5) is 2.00. The van der Waals surface area contributed by atoms with E-state index in [0.717, 1.165) is 11.5 Å². The van der Waals surface area contributed by atoms with Gasteiger partial charge >= 0.3 is 0 Å². The van der Waals surface area contributed by atoms with E-state index in [4.69, 9.17) is 9.15 Å². The normalized spacial score (nSPS) is 12.6. The molecule has 1 N–H and O–H groups in total. The van der Waals surface area contributed by atoms with Crippen LogP contribution < -0.4 is 4.74 Å². The van der Waals surface area contributed by atoms with Crippen LogP contribution in [0.5, 0.6) is 5.75 Å². The number of aliphatic hydroxyl groups excluding tert-OH is 1. The molecule has 0 spiro atoms. The lowest BCUT2D eigenvalue weighted by Crippen LogP contribution is -2.32. The first-order valence-corrected chi connectivity index (χ1v) is 6.31. The fraction of sp³-hybridized carbons (Fsp3) is 0.333. The van der Waals surface area contributed by atoms with Gasteiger partial charge < -0.3 is 14.3 Å². The molecule has 4 nitrogen and oxygen atoms in total. The molecule has 4 heteroatoms. The SMILES string of the molecule is CN(Cc1ccco1)C[C@@H](O)COc1ccccc1. The van der Waals surface area contributed by atoms with E-state index in [1.54, 1.807) is 6.26 Å². The highest BCUT2D eigenvalue weighted by Crippen LogP contribution is 2.09. The van der Waals surface area contributed by atoms with Crippen molar-refractivity contribution in [3.05, 3.63) is 54.5 Å². The largest absolute Gasteiger partial charge is 0.491 e. The molecule has 0 radical (unpaired) electrons. The monoisotopic (exact) mass is 261 g/mol. The van der Waals surface area contributed by atoms with Crippen molar-refractivity contribution >= 4 is 0 Å². The summed E-state index contributed by atoms with van der Waals surface area (Å²) in [7, 11) is 1.94. The van der Waals surface area contributed by atoms with Gasteiger partial charge in [-0.15, -0.1) is 0 Å². The molecule has 0 aliphatic heterocycles. The fourth-order valence-electron chi connectivity index (χ4n) is 1.85. The van der Waals surface area contributed by atoms with Crippen LogP contribution in [0.25, 0.3) is 0 Å². The molecule has 0 saturated carbocycles. The maximum Gasteiger partial charge on any atom is 0.119 e. The lowest BCUT2D eigenvalue weighted by Gasteiger charge is -2.19. The topological polar surface area (TPSA) is 45.8 Å². The highest BCUT2D eigenvalue weighted by Gasteiger charge is 2.10. The van der Waals surface area contributed by atoms with Gasteiger partial charge in [0.05, 0.1) is 12.8 Å². The van der Waals surface area contributed by atoms with Crippen LogP contribution in [0.4, 0.5) is 0 Å². The van der Waals surface area contributed by atoms with Gasteiger partial charge in [-0.1, -0.05) is 18.2 Å². The van der Waals surface area contributed by atoms with E-state index in [9.17, 15) is 5.11 Å². The van der Waals surface area contributed by atoms with Gasteiger partial charge in [-0.2, -0.15) is 0 Å². The maximum atomic E-state index is 9.91. The third-order valence-electron chi connectivity index (χ3n) is 2.71. The molecular weight excluding hydrogens is 242 g/mol. The second kappa shape index (κ2) is 6.97. The molecule has 1 aromatic heterocycles. The first kappa shape index (κ1) is 13.6. The second-order valence-corrected chi connectivity index (χ2v) is 4.55. The Morgan fingerprint density at radius 3 is 2.68 bits per heavy atom. The first-order chi connectivity index (χ1) is 9.24. The number of hydrogen-bond donors (Lipinski definition) is 1. The van der Waals surface area contributed by atoms with Gasteiger partial charge in [0.25, 0.3) is 0 Å². The minimum absolute atomic E-state index is 0.284. The standard InChI is InChI=1S/C15H19NO3/c1-16(11-15-8-5-9-18-15)10-13(17)12-19-14-6-3-2-4-7-14/h2-9,13,17H,10-12H2,1H3/t13-/m1/s1. The molecule has 102 valence electrons. The van der Waals surface area contributed by atoms with Crippen molar-refractivity contribution in [2.45, 2.75) is 12.6 Å². The number of para-hydroxylation sites is 1. The van der Waals surface area contributed by atoms with Crippen molar-refractivity contribution in [2.24, 2.45) is 0 Å². The Hall–Kier alpha value is -1.78. The zero-order valence-electron chi connectivity index (χ0n) is 11.0. The Balaban J connectivity index is 1.70. The zero-order chi connectivity index (χ0) is 13.5. The second-order valence-electron chi connectivity index (χ2n) is 4.55. The van der Waals surface area contributed by atoms with Gasteiger partial charge in [-0.05, 0) is 31.3 Å². The van der Waals surface area contributed by atoms with Crippen LogP contribution in [0.15, 0.2) is 53.1 Å². The molecule has 1 heterocycles. The minimum atomic E-state index is -0.528. The lowest BCUT2D eigenvalue weighted by atomic mass is 10.3. The number of nitrogens with zero attached hydrogens (tertiary/aromatic N) is 1. The summed E-state index contributed by atoms with van der Waals surface area (Å²) in [5.41, 5.74) is 0. The van der Waals surface area contributed by atoms with E-state index in [1.165, 1.54) is 0 Å². The van der Waals surface area contributed by atoms with Crippen molar-refractivity contribution in [3.8, 4) is 5.75 Å². The van der Waals surface area contributed by atoms with E-state index in [1.807, 2.05) is 54.4 Å². The van der Waals surface area contributed by atoms with E-state index >= 15 is 0 Å². The molecule has 2 aromatic rings. The van der Waals surface area contributed by atoms with Crippen molar-refractivity contribution in [1.82, 2.24) is 4.90 Å². The number of likely N-dealkylation sites (N-methyl/N-ethyl adjacent to an activating group) is 1. The lowest BCUT2D eigenvalue weighted by molar-refractivity contribution is 0.0725. The van der Waals surface area contributed by atoms with Crippen LogP contribution in [0.1, 0.15) is 5.76 Å². The number of ether oxygens (including phenoxy) is 1. The predicted molar refractivity (Wildman–Crippen MR) is 73.0 cm³/mol. The Morgan fingerprint density at radius 1 is 1.21 bits per heavy atom. The summed E-state index contributed by atoms with van der Waals surface area (Å²) in [6.07, 6.45) is 1.12. The summed E-state index contributed by atoms with van der Waals surface area (Å²) in [5, 5.41) is 9.91. The van der Waals surface area contributed by atoms with Crippen LogP contribution in [0, 0.1) is 0 Å². The maximum absolute atomic E-state index is 9.91. The Kier molecular flexibility index (Phi) is 5.01. The first-order valence-electron chi connectivity index (χ1n) is 6.31. The molecule has 1 aromatic carbocycles. The third-order valence-corrected chi connectivity index (χ3v) is 2.71. The number of furan rings is 1.